The number of methoxy groups -OCH3 is 3. The first-order valence-electron chi connectivity index (χ1n) is 9.65. The van der Waals surface area contributed by atoms with Crippen LogP contribution in [0.3, 0.4) is 0 Å². The van der Waals surface area contributed by atoms with Crippen LogP contribution in [0.5, 0.6) is 34.5 Å². The third kappa shape index (κ3) is 8.25. The molecule has 0 heterocycles. The number of aromatic hydroxyl groups is 3. The standard InChI is InChI=1S/C8H11NO2.C8H10O3.C8H10O2/c2*1-11-8-4-6(5-9)2-3-7(8)10;1-6-3-4-7(9)8(5-6)10-2/h2-4,10H,5,9H2,1H3;2-4,9-10H,5H2,1H3;3-5,9H,1-2H3. The molecule has 3 aromatic rings. The molecule has 3 aromatic carbocycles. The highest BCUT2D eigenvalue weighted by atomic mass is 16.5. The van der Waals surface area contributed by atoms with Gasteiger partial charge in [0.25, 0.3) is 0 Å². The van der Waals surface area contributed by atoms with Gasteiger partial charge in [-0.3, -0.25) is 0 Å². The highest BCUT2D eigenvalue weighted by Crippen LogP contribution is 2.27. The van der Waals surface area contributed by atoms with Gasteiger partial charge in [0.2, 0.25) is 0 Å². The van der Waals surface area contributed by atoms with E-state index in [0.29, 0.717) is 23.8 Å². The number of hydrogen-bond acceptors (Lipinski definition) is 8. The average molecular weight is 446 g/mol. The fourth-order valence-corrected chi connectivity index (χ4v) is 2.45. The predicted molar refractivity (Wildman–Crippen MR) is 123 cm³/mol. The molecule has 0 amide bonds. The maximum Gasteiger partial charge on any atom is 0.160 e. The largest absolute Gasteiger partial charge is 0.504 e. The fourth-order valence-electron chi connectivity index (χ4n) is 2.45. The van der Waals surface area contributed by atoms with E-state index in [1.54, 1.807) is 42.5 Å². The summed E-state index contributed by atoms with van der Waals surface area (Å²) >= 11 is 0. The number of ether oxygens (including phenoxy) is 3. The molecule has 8 heteroatoms. The number of phenols is 3. The SMILES string of the molecule is COc1cc(C)ccc1O.COc1cc(CN)ccc1O.COc1cc(CO)ccc1O. The minimum atomic E-state index is -0.0450. The average Bonchev–Trinajstić information content (AvgIpc) is 2.82. The van der Waals surface area contributed by atoms with Crippen molar-refractivity contribution in [2.45, 2.75) is 20.1 Å². The molecule has 0 aliphatic rings. The van der Waals surface area contributed by atoms with E-state index in [2.05, 4.69) is 0 Å². The monoisotopic (exact) mass is 445 g/mol. The van der Waals surface area contributed by atoms with E-state index >= 15 is 0 Å². The van der Waals surface area contributed by atoms with Gasteiger partial charge in [-0.15, -0.1) is 0 Å². The van der Waals surface area contributed by atoms with Crippen LogP contribution in [0.4, 0.5) is 0 Å². The molecule has 32 heavy (non-hydrogen) atoms. The Balaban J connectivity index is 0.000000240. The summed E-state index contributed by atoms with van der Waals surface area (Å²) in [5, 5.41) is 36.1. The van der Waals surface area contributed by atoms with Gasteiger partial charge >= 0.3 is 0 Å². The lowest BCUT2D eigenvalue weighted by atomic mass is 10.2. The Morgan fingerprint density at radius 1 is 0.656 bits per heavy atom. The molecule has 0 aliphatic heterocycles. The topological polar surface area (TPSA) is 135 Å². The molecule has 0 aromatic heterocycles. The van der Waals surface area contributed by atoms with Crippen molar-refractivity contribution >= 4 is 0 Å². The predicted octanol–water partition coefficient (Wildman–Crippen LogP) is 3.46. The fraction of sp³-hybridized carbons (Fsp3) is 0.250. The number of benzene rings is 3. The number of phenolic OH excluding ortho intramolecular Hbond substituents is 3. The molecule has 0 saturated carbocycles. The van der Waals surface area contributed by atoms with Crippen molar-refractivity contribution in [2.24, 2.45) is 5.73 Å². The molecule has 8 nitrogen and oxygen atoms in total. The lowest BCUT2D eigenvalue weighted by Crippen LogP contribution is -1.96. The third-order valence-electron chi connectivity index (χ3n) is 4.24. The molecule has 0 spiro atoms. The van der Waals surface area contributed by atoms with E-state index < -0.39 is 0 Å². The van der Waals surface area contributed by atoms with Gasteiger partial charge in [-0.05, 0) is 60.0 Å². The maximum absolute atomic E-state index is 9.16. The van der Waals surface area contributed by atoms with Crippen LogP contribution in [-0.4, -0.2) is 41.8 Å². The maximum atomic E-state index is 9.16. The third-order valence-corrected chi connectivity index (χ3v) is 4.24. The Bertz CT molecular complexity index is 923. The molecule has 0 bridgehead atoms. The summed E-state index contributed by atoms with van der Waals surface area (Å²) in [6.07, 6.45) is 0. The highest BCUT2D eigenvalue weighted by molar-refractivity contribution is 5.42. The van der Waals surface area contributed by atoms with Crippen LogP contribution in [0.15, 0.2) is 54.6 Å². The van der Waals surface area contributed by atoms with Gasteiger partial charge in [0.15, 0.2) is 34.5 Å². The van der Waals surface area contributed by atoms with Crippen molar-refractivity contribution in [1.82, 2.24) is 0 Å². The van der Waals surface area contributed by atoms with Crippen molar-refractivity contribution < 1.29 is 34.6 Å². The van der Waals surface area contributed by atoms with E-state index in [1.165, 1.54) is 27.4 Å². The lowest BCUT2D eigenvalue weighted by Gasteiger charge is -2.03. The minimum Gasteiger partial charge on any atom is -0.504 e. The zero-order valence-corrected chi connectivity index (χ0v) is 18.7. The van der Waals surface area contributed by atoms with E-state index in [-0.39, 0.29) is 23.9 Å². The number of rotatable bonds is 5. The Kier molecular flexibility index (Phi) is 11.3. The van der Waals surface area contributed by atoms with Gasteiger partial charge in [-0.25, -0.2) is 0 Å². The van der Waals surface area contributed by atoms with E-state index in [1.807, 2.05) is 13.0 Å². The molecule has 0 atom stereocenters. The summed E-state index contributed by atoms with van der Waals surface area (Å²) in [5.41, 5.74) is 8.13. The number of aliphatic hydroxyl groups excluding tert-OH is 1. The molecule has 0 unspecified atom stereocenters. The van der Waals surface area contributed by atoms with Crippen LogP contribution < -0.4 is 19.9 Å². The molecule has 0 fully saturated rings. The van der Waals surface area contributed by atoms with E-state index in [4.69, 9.17) is 40.4 Å². The summed E-state index contributed by atoms with van der Waals surface area (Å²) in [7, 11) is 4.51. The minimum absolute atomic E-state index is 0.0450. The van der Waals surface area contributed by atoms with Crippen molar-refractivity contribution in [3.05, 3.63) is 71.3 Å². The van der Waals surface area contributed by atoms with Crippen molar-refractivity contribution in [3.8, 4) is 34.5 Å². The molecule has 174 valence electrons. The van der Waals surface area contributed by atoms with Crippen molar-refractivity contribution in [1.29, 1.82) is 0 Å². The van der Waals surface area contributed by atoms with Gasteiger partial charge in [-0.1, -0.05) is 18.2 Å². The van der Waals surface area contributed by atoms with Crippen molar-refractivity contribution in [3.63, 3.8) is 0 Å². The van der Waals surface area contributed by atoms with E-state index in [0.717, 1.165) is 16.7 Å². The number of aryl methyl sites for hydroxylation is 1. The van der Waals surface area contributed by atoms with Gasteiger partial charge < -0.3 is 40.4 Å². The molecular weight excluding hydrogens is 414 g/mol. The van der Waals surface area contributed by atoms with Crippen LogP contribution in [0.1, 0.15) is 16.7 Å². The second kappa shape index (κ2) is 13.6. The Hall–Kier alpha value is -3.62. The Morgan fingerprint density at radius 3 is 1.47 bits per heavy atom. The van der Waals surface area contributed by atoms with E-state index in [9.17, 15) is 0 Å². The highest BCUT2D eigenvalue weighted by Gasteiger charge is 2.01. The van der Waals surface area contributed by atoms with Gasteiger partial charge in [0.05, 0.1) is 27.9 Å². The van der Waals surface area contributed by atoms with Crippen LogP contribution >= 0.6 is 0 Å². The first kappa shape index (κ1) is 26.4. The quantitative estimate of drug-likeness (QED) is 0.403. The van der Waals surface area contributed by atoms with Crippen LogP contribution in [-0.2, 0) is 13.2 Å². The zero-order chi connectivity index (χ0) is 24.1. The summed E-state index contributed by atoms with van der Waals surface area (Å²) < 4.78 is 14.6. The Morgan fingerprint density at radius 2 is 1.06 bits per heavy atom. The van der Waals surface area contributed by atoms with Crippen LogP contribution in [0, 0.1) is 6.92 Å². The number of aliphatic hydroxyl groups is 1. The number of hydrogen-bond donors (Lipinski definition) is 5. The van der Waals surface area contributed by atoms with Crippen LogP contribution in [0.2, 0.25) is 0 Å². The second-order valence-electron chi connectivity index (χ2n) is 6.55. The van der Waals surface area contributed by atoms with Crippen molar-refractivity contribution in [2.75, 3.05) is 21.3 Å². The molecule has 6 N–H and O–H groups in total. The number of nitrogens with two attached hydrogens (primary N) is 1. The molecular formula is C24H31NO7. The first-order chi connectivity index (χ1) is 15.3. The lowest BCUT2D eigenvalue weighted by molar-refractivity contribution is 0.280. The van der Waals surface area contributed by atoms with Crippen LogP contribution in [0.25, 0.3) is 0 Å². The molecule has 3 rings (SSSR count). The summed E-state index contributed by atoms with van der Waals surface area (Å²) in [4.78, 5) is 0. The normalized spacial score (nSPS) is 9.56. The molecule has 0 aliphatic carbocycles. The van der Waals surface area contributed by atoms with Gasteiger partial charge in [-0.2, -0.15) is 0 Å². The zero-order valence-electron chi connectivity index (χ0n) is 18.7. The Labute approximate surface area is 188 Å². The molecule has 0 saturated heterocycles. The summed E-state index contributed by atoms with van der Waals surface area (Å²) in [5.74, 6) is 1.80. The summed E-state index contributed by atoms with van der Waals surface area (Å²) in [6.45, 7) is 2.36. The summed E-state index contributed by atoms with van der Waals surface area (Å²) in [6, 6.07) is 15.0. The van der Waals surface area contributed by atoms with Gasteiger partial charge in [0, 0.05) is 6.54 Å². The molecule has 0 radical (unpaired) electrons. The smallest absolute Gasteiger partial charge is 0.160 e. The van der Waals surface area contributed by atoms with Gasteiger partial charge in [0.1, 0.15) is 0 Å². The first-order valence-corrected chi connectivity index (χ1v) is 9.65. The second-order valence-corrected chi connectivity index (χ2v) is 6.55.